The van der Waals surface area contributed by atoms with E-state index in [1.54, 1.807) is 7.11 Å². The van der Waals surface area contributed by atoms with Gasteiger partial charge in [0.2, 0.25) is 0 Å². The van der Waals surface area contributed by atoms with Crippen molar-refractivity contribution < 1.29 is 4.74 Å². The lowest BCUT2D eigenvalue weighted by atomic mass is 9.90. The molecule has 2 N–H and O–H groups in total. The Bertz CT molecular complexity index is 273. The molecule has 0 saturated heterocycles. The van der Waals surface area contributed by atoms with E-state index in [-0.39, 0.29) is 5.54 Å². The van der Waals surface area contributed by atoms with Gasteiger partial charge >= 0.3 is 0 Å². The minimum Gasteiger partial charge on any atom is -0.383 e. The van der Waals surface area contributed by atoms with Crippen LogP contribution in [0.25, 0.3) is 0 Å². The molecule has 0 bridgehead atoms. The molecule has 0 aromatic heterocycles. The average Bonchev–Trinajstić information content (AvgIpc) is 2.28. The predicted octanol–water partition coefficient (Wildman–Crippen LogP) is 2.37. The summed E-state index contributed by atoms with van der Waals surface area (Å²) in [5.74, 6) is 0. The predicted molar refractivity (Wildman–Crippen MR) is 63.8 cm³/mol. The summed E-state index contributed by atoms with van der Waals surface area (Å²) in [5, 5.41) is 0. The number of aryl methyl sites for hydroxylation is 1. The van der Waals surface area contributed by atoms with Gasteiger partial charge in [-0.15, -0.1) is 0 Å². The van der Waals surface area contributed by atoms with Gasteiger partial charge in [0.05, 0.1) is 6.61 Å². The highest BCUT2D eigenvalue weighted by atomic mass is 16.5. The van der Waals surface area contributed by atoms with Gasteiger partial charge in [-0.25, -0.2) is 0 Å². The number of hydrogen-bond acceptors (Lipinski definition) is 2. The van der Waals surface area contributed by atoms with Crippen LogP contribution in [0.1, 0.15) is 25.3 Å². The second-order valence-electron chi connectivity index (χ2n) is 4.13. The lowest BCUT2D eigenvalue weighted by Crippen LogP contribution is -2.44. The molecule has 1 unspecified atom stereocenters. The summed E-state index contributed by atoms with van der Waals surface area (Å²) in [5.41, 5.74) is 7.40. The molecule has 0 fully saturated rings. The Hall–Kier alpha value is -0.860. The zero-order chi connectivity index (χ0) is 11.1. The van der Waals surface area contributed by atoms with Gasteiger partial charge in [-0.05, 0) is 24.8 Å². The second-order valence-corrected chi connectivity index (χ2v) is 4.13. The smallest absolute Gasteiger partial charge is 0.0642 e. The van der Waals surface area contributed by atoms with E-state index >= 15 is 0 Å². The van der Waals surface area contributed by atoms with Crippen LogP contribution < -0.4 is 5.73 Å². The van der Waals surface area contributed by atoms with Crippen LogP contribution in [0.3, 0.4) is 0 Å². The van der Waals surface area contributed by atoms with Crippen molar-refractivity contribution in [3.63, 3.8) is 0 Å². The number of hydrogen-bond donors (Lipinski definition) is 1. The van der Waals surface area contributed by atoms with Crippen molar-refractivity contribution in [1.29, 1.82) is 0 Å². The van der Waals surface area contributed by atoms with Crippen molar-refractivity contribution in [3.8, 4) is 0 Å². The molecule has 0 spiro atoms. The van der Waals surface area contributed by atoms with Crippen molar-refractivity contribution >= 4 is 0 Å². The van der Waals surface area contributed by atoms with Gasteiger partial charge in [0, 0.05) is 12.6 Å². The number of benzene rings is 1. The lowest BCUT2D eigenvalue weighted by Gasteiger charge is -2.27. The van der Waals surface area contributed by atoms with Crippen LogP contribution in [0.4, 0.5) is 0 Å². The second kappa shape index (κ2) is 5.89. The molecule has 84 valence electrons. The zero-order valence-corrected chi connectivity index (χ0v) is 9.70. The maximum absolute atomic E-state index is 6.23. The van der Waals surface area contributed by atoms with Crippen LogP contribution in [0, 0.1) is 0 Å². The molecule has 2 heteroatoms. The van der Waals surface area contributed by atoms with E-state index in [9.17, 15) is 0 Å². The Balaban J connectivity index is 2.47. The fraction of sp³-hybridized carbons (Fsp3) is 0.538. The molecule has 15 heavy (non-hydrogen) atoms. The average molecular weight is 207 g/mol. The molecule has 0 aliphatic carbocycles. The summed E-state index contributed by atoms with van der Waals surface area (Å²) in [6.45, 7) is 2.75. The fourth-order valence-corrected chi connectivity index (χ4v) is 1.68. The minimum atomic E-state index is -0.176. The van der Waals surface area contributed by atoms with Crippen molar-refractivity contribution in [1.82, 2.24) is 0 Å². The Morgan fingerprint density at radius 3 is 2.47 bits per heavy atom. The number of nitrogens with two attached hydrogens (primary N) is 1. The zero-order valence-electron chi connectivity index (χ0n) is 9.70. The first kappa shape index (κ1) is 12.2. The molecule has 0 saturated carbocycles. The summed E-state index contributed by atoms with van der Waals surface area (Å²) in [6.07, 6.45) is 2.95. The Labute approximate surface area is 92.4 Å². The summed E-state index contributed by atoms with van der Waals surface area (Å²) >= 11 is 0. The van der Waals surface area contributed by atoms with Crippen molar-refractivity contribution in [3.05, 3.63) is 35.9 Å². The standard InChI is InChI=1S/C13H21NO/c1-3-13(14,11-15-2)10-9-12-7-5-4-6-8-12/h4-8H,3,9-11,14H2,1-2H3. The van der Waals surface area contributed by atoms with E-state index in [0.29, 0.717) is 6.61 Å². The third-order valence-corrected chi connectivity index (χ3v) is 2.89. The SMILES string of the molecule is CCC(N)(CCc1ccccc1)COC. The maximum Gasteiger partial charge on any atom is 0.0642 e. The van der Waals surface area contributed by atoms with Crippen LogP contribution in [0.5, 0.6) is 0 Å². The molecule has 1 aromatic rings. The quantitative estimate of drug-likeness (QED) is 0.777. The normalized spacial score (nSPS) is 14.9. The van der Waals surface area contributed by atoms with E-state index in [0.717, 1.165) is 19.3 Å². The van der Waals surface area contributed by atoms with E-state index in [2.05, 4.69) is 31.2 Å². The monoisotopic (exact) mass is 207 g/mol. The fourth-order valence-electron chi connectivity index (χ4n) is 1.68. The van der Waals surface area contributed by atoms with Crippen LogP contribution in [-0.2, 0) is 11.2 Å². The topological polar surface area (TPSA) is 35.2 Å². The van der Waals surface area contributed by atoms with Crippen molar-refractivity contribution in [2.24, 2.45) is 5.73 Å². The third-order valence-electron chi connectivity index (χ3n) is 2.89. The highest BCUT2D eigenvalue weighted by Crippen LogP contribution is 2.15. The first-order valence-electron chi connectivity index (χ1n) is 5.52. The Kier molecular flexibility index (Phi) is 4.79. The molecule has 2 nitrogen and oxygen atoms in total. The molecule has 1 rings (SSSR count). The minimum absolute atomic E-state index is 0.176. The van der Waals surface area contributed by atoms with Gasteiger partial charge < -0.3 is 10.5 Å². The number of rotatable bonds is 6. The van der Waals surface area contributed by atoms with E-state index < -0.39 is 0 Å². The van der Waals surface area contributed by atoms with E-state index in [1.165, 1.54) is 5.56 Å². The summed E-state index contributed by atoms with van der Waals surface area (Å²) in [6, 6.07) is 10.4. The third kappa shape index (κ3) is 4.02. The van der Waals surface area contributed by atoms with Gasteiger partial charge in [-0.1, -0.05) is 37.3 Å². The highest BCUT2D eigenvalue weighted by molar-refractivity contribution is 5.15. The number of ether oxygens (including phenoxy) is 1. The Morgan fingerprint density at radius 2 is 1.93 bits per heavy atom. The molecule has 1 aromatic carbocycles. The van der Waals surface area contributed by atoms with Crippen LogP contribution in [0.15, 0.2) is 30.3 Å². The highest BCUT2D eigenvalue weighted by Gasteiger charge is 2.21. The van der Waals surface area contributed by atoms with Crippen molar-refractivity contribution in [2.75, 3.05) is 13.7 Å². The summed E-state index contributed by atoms with van der Waals surface area (Å²) in [7, 11) is 1.71. The maximum atomic E-state index is 6.23. The molecular formula is C13H21NO. The van der Waals surface area contributed by atoms with Gasteiger partial charge in [0.25, 0.3) is 0 Å². The van der Waals surface area contributed by atoms with Gasteiger partial charge in [0.1, 0.15) is 0 Å². The molecule has 0 amide bonds. The first-order valence-corrected chi connectivity index (χ1v) is 5.52. The van der Waals surface area contributed by atoms with Gasteiger partial charge in [0.15, 0.2) is 0 Å². The largest absolute Gasteiger partial charge is 0.383 e. The van der Waals surface area contributed by atoms with Gasteiger partial charge in [-0.2, -0.15) is 0 Å². The van der Waals surface area contributed by atoms with Crippen LogP contribution >= 0.6 is 0 Å². The molecule has 1 atom stereocenters. The molecular weight excluding hydrogens is 186 g/mol. The molecule has 0 heterocycles. The summed E-state index contributed by atoms with van der Waals surface area (Å²) in [4.78, 5) is 0. The lowest BCUT2D eigenvalue weighted by molar-refractivity contribution is 0.124. The molecule has 0 aliphatic rings. The molecule has 0 aliphatic heterocycles. The number of methoxy groups -OCH3 is 1. The van der Waals surface area contributed by atoms with Crippen molar-refractivity contribution in [2.45, 2.75) is 31.7 Å². The van der Waals surface area contributed by atoms with E-state index in [1.807, 2.05) is 6.07 Å². The van der Waals surface area contributed by atoms with Crippen LogP contribution in [-0.4, -0.2) is 19.3 Å². The van der Waals surface area contributed by atoms with E-state index in [4.69, 9.17) is 10.5 Å². The van der Waals surface area contributed by atoms with Crippen LogP contribution in [0.2, 0.25) is 0 Å². The van der Waals surface area contributed by atoms with Gasteiger partial charge in [-0.3, -0.25) is 0 Å². The first-order chi connectivity index (χ1) is 7.20. The molecule has 0 radical (unpaired) electrons. The Morgan fingerprint density at radius 1 is 1.27 bits per heavy atom. The summed E-state index contributed by atoms with van der Waals surface area (Å²) < 4.78 is 5.16.